The molecule has 272 valence electrons. The number of fused-ring (bicyclic) bond motifs is 2. The summed E-state index contributed by atoms with van der Waals surface area (Å²) in [6.45, 7) is 7.46. The number of hydrogen-bond acceptors (Lipinski definition) is 4. The van der Waals surface area contributed by atoms with Crippen molar-refractivity contribution >= 4 is 5.69 Å². The highest BCUT2D eigenvalue weighted by Crippen LogP contribution is 2.57. The molecule has 5 heteroatoms. The number of hydrogen-bond donors (Lipinski definition) is 0. The van der Waals surface area contributed by atoms with Gasteiger partial charge in [-0.15, -0.1) is 0 Å². The van der Waals surface area contributed by atoms with Crippen LogP contribution in [0.25, 0.3) is 61.3 Å². The Bertz CT molecular complexity index is 2920. The van der Waals surface area contributed by atoms with Crippen LogP contribution in [0.1, 0.15) is 22.3 Å². The molecule has 58 heavy (non-hydrogen) atoms. The second kappa shape index (κ2) is 14.6. The summed E-state index contributed by atoms with van der Waals surface area (Å²) < 4.78 is 6.96. The lowest BCUT2D eigenvalue weighted by Crippen LogP contribution is -2.34. The van der Waals surface area contributed by atoms with Gasteiger partial charge < -0.3 is 4.74 Å². The molecule has 0 atom stereocenters. The van der Waals surface area contributed by atoms with E-state index in [2.05, 4.69) is 150 Å². The molecule has 0 fully saturated rings. The number of rotatable bonds is 7. The van der Waals surface area contributed by atoms with E-state index in [1.165, 1.54) is 0 Å². The summed E-state index contributed by atoms with van der Waals surface area (Å²) in [6, 6.07) is 70.6. The molecule has 1 aromatic heterocycles. The van der Waals surface area contributed by atoms with Gasteiger partial charge in [0.25, 0.3) is 0 Å². The van der Waals surface area contributed by atoms with E-state index in [-0.39, 0.29) is 0 Å². The monoisotopic (exact) mass is 742 g/mol. The summed E-state index contributed by atoms with van der Waals surface area (Å²) in [5.74, 6) is 3.26. The van der Waals surface area contributed by atoms with E-state index in [9.17, 15) is 0 Å². The summed E-state index contributed by atoms with van der Waals surface area (Å²) in [6.07, 6.45) is 0. The van der Waals surface area contributed by atoms with Crippen LogP contribution in [0.2, 0.25) is 0 Å². The predicted octanol–water partition coefficient (Wildman–Crippen LogP) is 13.2. The van der Waals surface area contributed by atoms with Gasteiger partial charge in [-0.3, -0.25) is 0 Å². The molecule has 8 aromatic carbocycles. The van der Waals surface area contributed by atoms with Gasteiger partial charge >= 0.3 is 0 Å². The van der Waals surface area contributed by atoms with Crippen molar-refractivity contribution < 1.29 is 4.74 Å². The van der Waals surface area contributed by atoms with E-state index in [0.29, 0.717) is 23.2 Å². The fourth-order valence-electron chi connectivity index (χ4n) is 8.17. The minimum Gasteiger partial charge on any atom is -0.456 e. The summed E-state index contributed by atoms with van der Waals surface area (Å²) in [4.78, 5) is 18.7. The lowest BCUT2D eigenvalue weighted by atomic mass is 9.63. The van der Waals surface area contributed by atoms with Crippen molar-refractivity contribution in [2.75, 3.05) is 0 Å². The number of benzene rings is 8. The molecule has 5 nitrogen and oxygen atoms in total. The Hall–Kier alpha value is -7.94. The molecular formula is C53H34N4O. The van der Waals surface area contributed by atoms with Gasteiger partial charge in [0.15, 0.2) is 23.2 Å². The van der Waals surface area contributed by atoms with Crippen molar-refractivity contribution in [3.05, 3.63) is 240 Å². The second-order valence-electron chi connectivity index (χ2n) is 14.3. The van der Waals surface area contributed by atoms with Crippen LogP contribution in [0.4, 0.5) is 5.69 Å². The average molecular weight is 743 g/mol. The van der Waals surface area contributed by atoms with E-state index in [1.807, 2.05) is 48.5 Å². The standard InChI is InChI=1S/C53H34N4O/c1-54-44-33-31-39(32-34-44)51-55-50(38-29-27-37(28-30-38)36-15-5-2-6-16-36)56-52(57-51)41-18-13-17-40(35-41)45-23-14-25-47-49(45)58-48-26-12-11-24-46(48)53(47,42-19-7-3-8-20-42)43-21-9-4-10-22-43/h2-35H. The van der Waals surface area contributed by atoms with Gasteiger partial charge in [-0.2, -0.15) is 0 Å². The normalized spacial score (nSPS) is 12.4. The Labute approximate surface area is 337 Å². The van der Waals surface area contributed by atoms with Crippen LogP contribution >= 0.6 is 0 Å². The molecule has 10 rings (SSSR count). The highest BCUT2D eigenvalue weighted by atomic mass is 16.5. The molecular weight excluding hydrogens is 709 g/mol. The average Bonchev–Trinajstić information content (AvgIpc) is 3.31. The van der Waals surface area contributed by atoms with Crippen molar-refractivity contribution in [2.45, 2.75) is 5.41 Å². The molecule has 0 N–H and O–H groups in total. The van der Waals surface area contributed by atoms with Crippen LogP contribution in [0.15, 0.2) is 206 Å². The second-order valence-corrected chi connectivity index (χ2v) is 14.3. The van der Waals surface area contributed by atoms with Gasteiger partial charge in [-0.1, -0.05) is 194 Å². The zero-order chi connectivity index (χ0) is 38.9. The van der Waals surface area contributed by atoms with E-state index >= 15 is 0 Å². The van der Waals surface area contributed by atoms with E-state index in [1.54, 1.807) is 12.1 Å². The molecule has 0 spiro atoms. The molecule has 2 heterocycles. The maximum Gasteiger partial charge on any atom is 0.187 e. The summed E-state index contributed by atoms with van der Waals surface area (Å²) >= 11 is 0. The van der Waals surface area contributed by atoms with Crippen molar-refractivity contribution in [2.24, 2.45) is 0 Å². The van der Waals surface area contributed by atoms with Crippen molar-refractivity contribution in [1.29, 1.82) is 0 Å². The maximum atomic E-state index is 7.46. The van der Waals surface area contributed by atoms with E-state index in [0.717, 1.165) is 72.7 Å². The minimum atomic E-state index is -0.628. The van der Waals surface area contributed by atoms with Crippen molar-refractivity contribution in [1.82, 2.24) is 15.0 Å². The SMILES string of the molecule is [C-]#[N+]c1ccc(-c2nc(-c3ccc(-c4ccccc4)cc3)nc(-c3cccc(-c4cccc5c4Oc4ccccc4C5(c4ccccc4)c4ccccc4)c3)n2)cc1. The van der Waals surface area contributed by atoms with Gasteiger partial charge in [-0.05, 0) is 39.9 Å². The highest BCUT2D eigenvalue weighted by Gasteiger charge is 2.45. The molecule has 0 amide bonds. The Morgan fingerprint density at radius 2 is 0.862 bits per heavy atom. The first-order valence-electron chi connectivity index (χ1n) is 19.2. The molecule has 0 bridgehead atoms. The zero-order valence-electron chi connectivity index (χ0n) is 31.3. The summed E-state index contributed by atoms with van der Waals surface area (Å²) in [5.41, 5.74) is 11.1. The molecule has 9 aromatic rings. The molecule has 0 saturated carbocycles. The third-order valence-corrected chi connectivity index (χ3v) is 10.9. The highest BCUT2D eigenvalue weighted by molar-refractivity contribution is 5.82. The van der Waals surface area contributed by atoms with Crippen molar-refractivity contribution in [3.8, 4) is 67.9 Å². The van der Waals surface area contributed by atoms with Crippen LogP contribution in [-0.2, 0) is 5.41 Å². The Morgan fingerprint density at radius 3 is 1.50 bits per heavy atom. The van der Waals surface area contributed by atoms with Crippen LogP contribution in [0.3, 0.4) is 0 Å². The Morgan fingerprint density at radius 1 is 0.397 bits per heavy atom. The molecule has 0 saturated heterocycles. The van der Waals surface area contributed by atoms with Gasteiger partial charge in [0, 0.05) is 33.4 Å². The number of ether oxygens (including phenoxy) is 1. The molecule has 0 unspecified atom stereocenters. The minimum absolute atomic E-state index is 0.529. The fraction of sp³-hybridized carbons (Fsp3) is 0.0189. The van der Waals surface area contributed by atoms with Gasteiger partial charge in [0.2, 0.25) is 0 Å². The number of aromatic nitrogens is 3. The summed E-state index contributed by atoms with van der Waals surface area (Å²) in [7, 11) is 0. The number of nitrogens with zero attached hydrogens (tertiary/aromatic N) is 4. The molecule has 0 radical (unpaired) electrons. The fourth-order valence-corrected chi connectivity index (χ4v) is 8.17. The van der Waals surface area contributed by atoms with Gasteiger partial charge in [0.1, 0.15) is 11.5 Å². The van der Waals surface area contributed by atoms with Crippen LogP contribution < -0.4 is 4.74 Å². The number of para-hydroxylation sites is 2. The Balaban J connectivity index is 1.13. The smallest absolute Gasteiger partial charge is 0.187 e. The van der Waals surface area contributed by atoms with Gasteiger partial charge in [-0.25, -0.2) is 19.8 Å². The molecule has 0 aliphatic carbocycles. The van der Waals surface area contributed by atoms with Crippen LogP contribution in [-0.4, -0.2) is 15.0 Å². The first kappa shape index (κ1) is 34.5. The predicted molar refractivity (Wildman–Crippen MR) is 232 cm³/mol. The van der Waals surface area contributed by atoms with Crippen LogP contribution in [0.5, 0.6) is 11.5 Å². The van der Waals surface area contributed by atoms with E-state index < -0.39 is 5.41 Å². The molecule has 1 aliphatic rings. The van der Waals surface area contributed by atoms with Crippen LogP contribution in [0, 0.1) is 6.57 Å². The third kappa shape index (κ3) is 6.01. The lowest BCUT2D eigenvalue weighted by molar-refractivity contribution is 0.436. The topological polar surface area (TPSA) is 52.3 Å². The van der Waals surface area contributed by atoms with E-state index in [4.69, 9.17) is 26.3 Å². The van der Waals surface area contributed by atoms with Crippen molar-refractivity contribution in [3.63, 3.8) is 0 Å². The first-order valence-corrected chi connectivity index (χ1v) is 19.2. The summed E-state index contributed by atoms with van der Waals surface area (Å²) in [5, 5.41) is 0. The third-order valence-electron chi connectivity index (χ3n) is 10.9. The first-order chi connectivity index (χ1) is 28.7. The maximum absolute atomic E-state index is 7.46. The largest absolute Gasteiger partial charge is 0.456 e. The van der Waals surface area contributed by atoms with Gasteiger partial charge in [0.05, 0.1) is 12.0 Å². The zero-order valence-corrected chi connectivity index (χ0v) is 31.3. The molecule has 1 aliphatic heterocycles. The Kier molecular flexibility index (Phi) is 8.70. The lowest BCUT2D eigenvalue weighted by Gasteiger charge is -2.42. The quantitative estimate of drug-likeness (QED) is 0.153.